The number of aromatic amines is 3. The fourth-order valence-electron chi connectivity index (χ4n) is 13.6. The van der Waals surface area contributed by atoms with Crippen molar-refractivity contribution >= 4 is 79.3 Å². The number of aryl methyl sites for hydroxylation is 3. The number of rotatable bonds is 20. The van der Waals surface area contributed by atoms with Crippen LogP contribution in [0.2, 0.25) is 5.02 Å². The van der Waals surface area contributed by atoms with Crippen LogP contribution in [0.4, 0.5) is 30.2 Å². The number of nitrogens with one attached hydrogen (secondary N) is 6. The first-order valence-corrected chi connectivity index (χ1v) is 33.8. The van der Waals surface area contributed by atoms with Crippen molar-refractivity contribution in [2.75, 3.05) is 95.8 Å². The van der Waals surface area contributed by atoms with Crippen LogP contribution in [0.3, 0.4) is 0 Å². The van der Waals surface area contributed by atoms with Gasteiger partial charge < -0.3 is 87.3 Å². The van der Waals surface area contributed by atoms with Gasteiger partial charge in [0.15, 0.2) is 0 Å². The summed E-state index contributed by atoms with van der Waals surface area (Å²) in [5, 5.41) is 9.98. The van der Waals surface area contributed by atoms with Crippen molar-refractivity contribution in [2.45, 2.75) is 124 Å². The molecule has 3 saturated heterocycles. The summed E-state index contributed by atoms with van der Waals surface area (Å²) in [6.45, 7) is 15.5. The Labute approximate surface area is 585 Å². The molecule has 0 spiro atoms. The molecule has 0 bridgehead atoms. The van der Waals surface area contributed by atoms with E-state index in [4.69, 9.17) is 53.3 Å². The summed E-state index contributed by atoms with van der Waals surface area (Å²) in [5.74, 6) is -0.533. The lowest BCUT2D eigenvalue weighted by atomic mass is 9.96. The molecule has 6 aromatic heterocycles. The fourth-order valence-corrected chi connectivity index (χ4v) is 14.0. The zero-order chi connectivity index (χ0) is 72.4. The van der Waals surface area contributed by atoms with Crippen LogP contribution in [-0.2, 0) is 40.0 Å². The second-order valence-electron chi connectivity index (χ2n) is 24.9. The summed E-state index contributed by atoms with van der Waals surface area (Å²) in [6, 6.07) is 15.6. The third-order valence-corrected chi connectivity index (χ3v) is 19.1. The summed E-state index contributed by atoms with van der Waals surface area (Å²) in [5.41, 5.74) is 4.81. The summed E-state index contributed by atoms with van der Waals surface area (Å²) in [4.78, 5) is 91.5. The standard InChI is InChI=1S/C25H28F3N3O5.C24H28ClN3O5.C24H29N3O5/c1-4-31(15-5-8-35-9-6-15)18-12-20-16(7-10-36-20)21(22(18)25(26,27)28)24(33)29-13-17-19(34-3)11-14(2)30-23(17)32;1-4-28(15-5-8-32-9-6-15)18-12-20-16(7-10-33-20)21(22(18)25)24(30)26-13-17-19(31-3)11-14(2)27-23(17)29;1-14-11-20(30-4)18(23(28)26-14)13-25-24(29)22-15(2)19(12-21-17(22)7-10-32-21)27(3)16-5-8-31-9-6-16/h7,10-12,15H,4-6,8-9,13H2,1-3H3,(H,29,33)(H,30,32);7,10-12,15H,4-6,8-9,13H2,1-3H3,(H,26,30)(H,27,29);7,10-12,16H,5-6,8-9,13H2,1-4H3,(H,25,29)(H,26,28). The van der Waals surface area contributed by atoms with Gasteiger partial charge in [0.05, 0.1) is 115 Å². The number of methoxy groups -OCH3 is 3. The first kappa shape index (κ1) is 74.0. The van der Waals surface area contributed by atoms with Gasteiger partial charge in [0.25, 0.3) is 34.4 Å². The van der Waals surface area contributed by atoms with E-state index < -0.39 is 34.7 Å². The summed E-state index contributed by atoms with van der Waals surface area (Å²) >= 11 is 6.86. The molecule has 28 heteroatoms. The van der Waals surface area contributed by atoms with Crippen molar-refractivity contribution < 1.29 is 69.2 Å². The van der Waals surface area contributed by atoms with E-state index in [0.717, 1.165) is 67.8 Å². The summed E-state index contributed by atoms with van der Waals surface area (Å²) in [6.07, 6.45) is 4.34. The van der Waals surface area contributed by atoms with Gasteiger partial charge in [-0.2, -0.15) is 13.2 Å². The highest BCUT2D eigenvalue weighted by molar-refractivity contribution is 6.38. The molecule has 9 heterocycles. The number of ether oxygens (including phenoxy) is 6. The first-order chi connectivity index (χ1) is 48.5. The zero-order valence-corrected chi connectivity index (χ0v) is 58.9. The number of anilines is 3. The molecule has 3 fully saturated rings. The Morgan fingerprint density at radius 3 is 1.24 bits per heavy atom. The molecule has 101 heavy (non-hydrogen) atoms. The molecular formula is C73H85ClF3N9O15. The van der Waals surface area contributed by atoms with Crippen molar-refractivity contribution in [3.05, 3.63) is 171 Å². The third kappa shape index (κ3) is 16.4. The van der Waals surface area contributed by atoms with Crippen molar-refractivity contribution in [2.24, 2.45) is 0 Å². The van der Waals surface area contributed by atoms with Gasteiger partial charge in [-0.25, -0.2) is 0 Å². The molecule has 12 rings (SSSR count). The maximum Gasteiger partial charge on any atom is 0.419 e. The normalized spacial score (nSPS) is 14.6. The van der Waals surface area contributed by atoms with Crippen molar-refractivity contribution in [3.8, 4) is 17.2 Å². The van der Waals surface area contributed by atoms with E-state index in [0.29, 0.717) is 124 Å². The van der Waals surface area contributed by atoms with Crippen molar-refractivity contribution in [1.82, 2.24) is 30.9 Å². The van der Waals surface area contributed by atoms with Crippen LogP contribution in [0.1, 0.15) is 128 Å². The number of aromatic nitrogens is 3. The number of carbonyl (C=O) groups is 3. The minimum Gasteiger partial charge on any atom is -0.496 e. The van der Waals surface area contributed by atoms with Gasteiger partial charge in [-0.15, -0.1) is 0 Å². The molecule has 0 unspecified atom stereocenters. The molecule has 9 aromatic rings. The lowest BCUT2D eigenvalue weighted by Gasteiger charge is -2.37. The lowest BCUT2D eigenvalue weighted by Crippen LogP contribution is -2.41. The van der Waals surface area contributed by atoms with Crippen LogP contribution in [0.25, 0.3) is 32.9 Å². The molecule has 3 aliphatic heterocycles. The number of alkyl halides is 3. The van der Waals surface area contributed by atoms with E-state index in [1.807, 2.05) is 26.1 Å². The Morgan fingerprint density at radius 2 is 0.851 bits per heavy atom. The molecule has 3 aromatic carbocycles. The van der Waals surface area contributed by atoms with Crippen LogP contribution >= 0.6 is 11.6 Å². The number of fused-ring (bicyclic) bond motifs is 3. The third-order valence-electron chi connectivity index (χ3n) is 18.7. The van der Waals surface area contributed by atoms with Crippen LogP contribution in [0.5, 0.6) is 17.2 Å². The molecular weight excluding hydrogens is 1340 g/mol. The molecule has 24 nitrogen and oxygen atoms in total. The van der Waals surface area contributed by atoms with E-state index in [9.17, 15) is 41.9 Å². The number of pyridine rings is 3. The topological polar surface area (TPSA) is 290 Å². The van der Waals surface area contributed by atoms with E-state index in [1.165, 1.54) is 39.7 Å². The molecule has 3 amide bonds. The Kier molecular flexibility index (Phi) is 24.0. The minimum absolute atomic E-state index is 0.00498. The summed E-state index contributed by atoms with van der Waals surface area (Å²) in [7, 11) is 6.42. The van der Waals surface area contributed by atoms with Crippen LogP contribution in [0, 0.1) is 27.7 Å². The number of H-pyrrole nitrogens is 3. The highest BCUT2D eigenvalue weighted by Gasteiger charge is 2.42. The number of furan rings is 3. The molecule has 3 aliphatic rings. The Morgan fingerprint density at radius 1 is 0.515 bits per heavy atom. The van der Waals surface area contributed by atoms with Crippen LogP contribution in [-0.4, -0.2) is 132 Å². The average molecular weight is 1420 g/mol. The largest absolute Gasteiger partial charge is 0.496 e. The van der Waals surface area contributed by atoms with Gasteiger partial charge in [-0.3, -0.25) is 28.8 Å². The smallest absolute Gasteiger partial charge is 0.419 e. The van der Waals surface area contributed by atoms with Crippen LogP contribution < -0.4 is 61.5 Å². The Hall–Kier alpha value is -9.70. The van der Waals surface area contributed by atoms with Crippen molar-refractivity contribution in [3.63, 3.8) is 0 Å². The van der Waals surface area contributed by atoms with Gasteiger partial charge in [-0.05, 0) is 122 Å². The zero-order valence-electron chi connectivity index (χ0n) is 58.2. The van der Waals surface area contributed by atoms with E-state index in [2.05, 4.69) is 47.6 Å². The fraction of sp³-hybridized carbons (Fsp3) is 0.425. The molecule has 0 aliphatic carbocycles. The van der Waals surface area contributed by atoms with Gasteiger partial charge in [0.1, 0.15) is 34.0 Å². The monoisotopic (exact) mass is 1420 g/mol. The minimum atomic E-state index is -4.83. The second-order valence-corrected chi connectivity index (χ2v) is 25.2. The molecule has 0 saturated carbocycles. The predicted octanol–water partition coefficient (Wildman–Crippen LogP) is 11.7. The number of benzene rings is 3. The first-order valence-electron chi connectivity index (χ1n) is 33.5. The molecule has 540 valence electrons. The SMILES string of the molecule is CCN(c1cc2occc2c(C(=O)NCc2c(OC)cc(C)[nH]c2=O)c1C(F)(F)F)C1CCOCC1.CCN(c1cc2occc2c(C(=O)NCc2c(OC)cc(C)[nH]c2=O)c1Cl)C1CCOCC1.COc1cc(C)[nH]c(=O)c1CNC(=O)c1c(C)c(N(C)C2CCOCC2)cc2occc12. The molecule has 0 radical (unpaired) electrons. The van der Waals surface area contributed by atoms with E-state index in [1.54, 1.807) is 75.5 Å². The molecule has 6 N–H and O–H groups in total. The average Bonchev–Trinajstić information content (AvgIpc) is 1.74. The number of halogens is 4. The summed E-state index contributed by atoms with van der Waals surface area (Å²) < 4.78 is 92.9. The maximum absolute atomic E-state index is 14.6. The van der Waals surface area contributed by atoms with Gasteiger partial charge in [0.2, 0.25) is 0 Å². The highest BCUT2D eigenvalue weighted by atomic mass is 35.5. The quantitative estimate of drug-likeness (QED) is 0.0413. The Balaban J connectivity index is 0.000000164. The van der Waals surface area contributed by atoms with Crippen LogP contribution in [0.15, 0.2) is 101 Å². The van der Waals surface area contributed by atoms with Gasteiger partial charge in [-0.1, -0.05) is 11.6 Å². The molecule has 0 atom stereocenters. The van der Waals surface area contributed by atoms with E-state index in [-0.39, 0.29) is 76.7 Å². The van der Waals surface area contributed by atoms with Gasteiger partial charge in [0, 0.05) is 135 Å². The van der Waals surface area contributed by atoms with E-state index >= 15 is 0 Å². The second kappa shape index (κ2) is 32.7. The lowest BCUT2D eigenvalue weighted by molar-refractivity contribution is -0.137. The van der Waals surface area contributed by atoms with Crippen molar-refractivity contribution in [1.29, 1.82) is 0 Å². The maximum atomic E-state index is 14.6. The highest BCUT2D eigenvalue weighted by Crippen LogP contribution is 2.45. The van der Waals surface area contributed by atoms with Gasteiger partial charge >= 0.3 is 6.18 Å². The number of hydrogen-bond donors (Lipinski definition) is 6. The Bertz CT molecular complexity index is 4630. The predicted molar refractivity (Wildman–Crippen MR) is 378 cm³/mol. The number of nitrogens with zero attached hydrogens (tertiary/aromatic N) is 3. The number of amides is 3. The number of carbonyl (C=O) groups excluding carboxylic acids is 3. The number of hydrogen-bond acceptors (Lipinski definition) is 18.